The van der Waals surface area contributed by atoms with E-state index in [4.69, 9.17) is 4.74 Å². The highest BCUT2D eigenvalue weighted by molar-refractivity contribution is 8.01. The first kappa shape index (κ1) is 18.8. The van der Waals surface area contributed by atoms with Crippen molar-refractivity contribution >= 4 is 23.6 Å². The molecule has 0 radical (unpaired) electrons. The van der Waals surface area contributed by atoms with Gasteiger partial charge in [0.15, 0.2) is 0 Å². The summed E-state index contributed by atoms with van der Waals surface area (Å²) in [5, 5.41) is 3.03. The van der Waals surface area contributed by atoms with E-state index in [1.54, 1.807) is 16.7 Å². The molecule has 27 heavy (non-hydrogen) atoms. The molecular weight excluding hydrogens is 362 g/mol. The summed E-state index contributed by atoms with van der Waals surface area (Å²) in [7, 11) is 0. The van der Waals surface area contributed by atoms with Crippen molar-refractivity contribution in [1.82, 2.24) is 10.2 Å². The summed E-state index contributed by atoms with van der Waals surface area (Å²) in [6.07, 6.45) is 0.943. The second kappa shape index (κ2) is 7.45. The van der Waals surface area contributed by atoms with Gasteiger partial charge in [0.1, 0.15) is 24.5 Å². The fraction of sp³-hybridized carbons (Fsp3) is 0.600. The lowest BCUT2D eigenvalue weighted by atomic mass is 10.0. The third kappa shape index (κ3) is 3.48. The predicted octanol–water partition coefficient (Wildman–Crippen LogP) is 0.456. The zero-order chi connectivity index (χ0) is 19.0. The monoisotopic (exact) mass is 390 g/mol. The van der Waals surface area contributed by atoms with Crippen LogP contribution in [0, 0.1) is 0 Å². The molecule has 3 aliphatic rings. The normalized spacial score (nSPS) is 26.7. The molecule has 0 aromatic heterocycles. The summed E-state index contributed by atoms with van der Waals surface area (Å²) < 4.78 is 5.07. The Morgan fingerprint density at radius 3 is 2.85 bits per heavy atom. The maximum absolute atomic E-state index is 13.0. The van der Waals surface area contributed by atoms with Crippen molar-refractivity contribution in [3.8, 4) is 0 Å². The van der Waals surface area contributed by atoms with Crippen molar-refractivity contribution in [2.24, 2.45) is 0 Å². The maximum Gasteiger partial charge on any atom is 0.256 e. The molecule has 4 rings (SSSR count). The molecule has 6 nitrogen and oxygen atoms in total. The summed E-state index contributed by atoms with van der Waals surface area (Å²) in [6.45, 7) is 9.57. The van der Waals surface area contributed by atoms with Crippen molar-refractivity contribution in [1.29, 1.82) is 0 Å². The van der Waals surface area contributed by atoms with Gasteiger partial charge in [-0.15, -0.1) is 11.8 Å². The molecule has 1 aromatic rings. The minimum absolute atomic E-state index is 0.0217. The molecule has 0 aliphatic carbocycles. The quantitative estimate of drug-likeness (QED) is 0.717. The van der Waals surface area contributed by atoms with Gasteiger partial charge in [0, 0.05) is 23.3 Å². The second-order valence-corrected chi connectivity index (χ2v) is 9.77. The van der Waals surface area contributed by atoms with Crippen LogP contribution in [-0.4, -0.2) is 66.9 Å². The van der Waals surface area contributed by atoms with Crippen molar-refractivity contribution in [2.75, 3.05) is 39.4 Å². The smallest absolute Gasteiger partial charge is 0.256 e. The van der Waals surface area contributed by atoms with E-state index < -0.39 is 6.04 Å². The van der Waals surface area contributed by atoms with Crippen molar-refractivity contribution in [3.05, 3.63) is 35.4 Å². The SMILES string of the molecule is CC1(C)S[C@@H]2c3ccccc3C(=O)N2[C@@H]1C(=O)NCCC[NH+]1CCOCC1. The van der Waals surface area contributed by atoms with E-state index in [0.717, 1.165) is 50.4 Å². The van der Waals surface area contributed by atoms with Crippen LogP contribution in [0.15, 0.2) is 24.3 Å². The number of nitrogens with one attached hydrogen (secondary N) is 2. The first-order valence-electron chi connectivity index (χ1n) is 9.77. The molecule has 2 atom stereocenters. The highest BCUT2D eigenvalue weighted by atomic mass is 32.2. The van der Waals surface area contributed by atoms with Crippen molar-refractivity contribution < 1.29 is 19.2 Å². The largest absolute Gasteiger partial charge is 0.370 e. The number of benzene rings is 1. The summed E-state index contributed by atoms with van der Waals surface area (Å²) in [5.74, 6) is -0.0558. The molecular formula is C20H28N3O3S+. The number of ether oxygens (including phenoxy) is 1. The standard InChI is InChI=1S/C20H27N3O3S/c1-20(2)16(17(24)21-8-5-9-22-10-12-26-13-11-22)23-18(25)14-6-3-4-7-15(14)19(23)27-20/h3-4,6-7,16,19H,5,8-13H2,1-2H3,(H,21,24)/p+1/t16-,19-/m1/s1. The Morgan fingerprint density at radius 1 is 1.33 bits per heavy atom. The summed E-state index contributed by atoms with van der Waals surface area (Å²) in [5.41, 5.74) is 1.77. The lowest BCUT2D eigenvalue weighted by Gasteiger charge is -2.29. The number of hydrogen-bond acceptors (Lipinski definition) is 4. The molecule has 146 valence electrons. The zero-order valence-electron chi connectivity index (χ0n) is 16.0. The first-order chi connectivity index (χ1) is 13.0. The fourth-order valence-corrected chi connectivity index (χ4v) is 5.95. The van der Waals surface area contributed by atoms with E-state index in [9.17, 15) is 9.59 Å². The van der Waals surface area contributed by atoms with Crippen LogP contribution in [0.1, 0.15) is 41.6 Å². The molecule has 0 spiro atoms. The Bertz CT molecular complexity index is 733. The molecule has 3 heterocycles. The van der Waals surface area contributed by atoms with Crippen molar-refractivity contribution in [2.45, 2.75) is 36.4 Å². The van der Waals surface area contributed by atoms with Gasteiger partial charge in [-0.2, -0.15) is 0 Å². The Kier molecular flexibility index (Phi) is 5.18. The van der Waals surface area contributed by atoms with Gasteiger partial charge in [-0.3, -0.25) is 9.59 Å². The Morgan fingerprint density at radius 2 is 2.07 bits per heavy atom. The number of nitrogens with zero attached hydrogens (tertiary/aromatic N) is 1. The molecule has 0 unspecified atom stereocenters. The van der Waals surface area contributed by atoms with Crippen LogP contribution in [-0.2, 0) is 9.53 Å². The van der Waals surface area contributed by atoms with Gasteiger partial charge in [0.25, 0.3) is 5.91 Å². The topological polar surface area (TPSA) is 63.1 Å². The van der Waals surface area contributed by atoms with E-state index in [1.807, 2.05) is 24.3 Å². The van der Waals surface area contributed by atoms with Gasteiger partial charge in [0.2, 0.25) is 5.91 Å². The minimum atomic E-state index is -0.442. The number of fused-ring (bicyclic) bond motifs is 3. The van der Waals surface area contributed by atoms with Gasteiger partial charge in [-0.25, -0.2) is 0 Å². The van der Waals surface area contributed by atoms with Gasteiger partial charge in [-0.1, -0.05) is 18.2 Å². The van der Waals surface area contributed by atoms with E-state index in [-0.39, 0.29) is 21.9 Å². The van der Waals surface area contributed by atoms with Crippen LogP contribution in [0.3, 0.4) is 0 Å². The Labute approximate surface area is 164 Å². The van der Waals surface area contributed by atoms with Gasteiger partial charge < -0.3 is 19.9 Å². The van der Waals surface area contributed by atoms with Crippen LogP contribution >= 0.6 is 11.8 Å². The average Bonchev–Trinajstić information content (AvgIpc) is 3.09. The second-order valence-electron chi connectivity index (χ2n) is 8.03. The molecule has 2 saturated heterocycles. The van der Waals surface area contributed by atoms with E-state index >= 15 is 0 Å². The van der Waals surface area contributed by atoms with Crippen molar-refractivity contribution in [3.63, 3.8) is 0 Å². The number of quaternary nitrogens is 1. The van der Waals surface area contributed by atoms with Gasteiger partial charge in [-0.05, 0) is 25.5 Å². The zero-order valence-corrected chi connectivity index (χ0v) is 16.8. The first-order valence-corrected chi connectivity index (χ1v) is 10.7. The number of hydrogen-bond donors (Lipinski definition) is 2. The van der Waals surface area contributed by atoms with E-state index in [0.29, 0.717) is 6.54 Å². The third-order valence-corrected chi connectivity index (χ3v) is 7.29. The Hall–Kier alpha value is -1.57. The third-order valence-electron chi connectivity index (χ3n) is 5.75. The van der Waals surface area contributed by atoms with Gasteiger partial charge in [0.05, 0.1) is 19.8 Å². The molecule has 2 fully saturated rings. The average molecular weight is 391 g/mol. The summed E-state index contributed by atoms with van der Waals surface area (Å²) >= 11 is 1.71. The molecule has 0 bridgehead atoms. The highest BCUT2D eigenvalue weighted by Crippen LogP contribution is 2.56. The van der Waals surface area contributed by atoms with E-state index in [2.05, 4.69) is 19.2 Å². The fourth-order valence-electron chi connectivity index (χ4n) is 4.36. The van der Waals surface area contributed by atoms with Crippen LogP contribution in [0.5, 0.6) is 0 Å². The van der Waals surface area contributed by atoms with Gasteiger partial charge >= 0.3 is 0 Å². The number of thioether (sulfide) groups is 1. The summed E-state index contributed by atoms with van der Waals surface area (Å²) in [6, 6.07) is 7.28. The summed E-state index contributed by atoms with van der Waals surface area (Å²) in [4.78, 5) is 29.3. The number of morpholine rings is 1. The molecule has 2 N–H and O–H groups in total. The lowest BCUT2D eigenvalue weighted by Crippen LogP contribution is -3.14. The molecule has 7 heteroatoms. The Balaban J connectivity index is 1.39. The van der Waals surface area contributed by atoms with Crippen LogP contribution in [0.25, 0.3) is 0 Å². The van der Waals surface area contributed by atoms with Crippen LogP contribution in [0.2, 0.25) is 0 Å². The predicted molar refractivity (Wildman–Crippen MR) is 105 cm³/mol. The molecule has 0 saturated carbocycles. The number of carbonyl (C=O) groups excluding carboxylic acids is 2. The number of carbonyl (C=O) groups is 2. The number of amides is 2. The number of rotatable bonds is 5. The molecule has 2 amide bonds. The lowest BCUT2D eigenvalue weighted by molar-refractivity contribution is -0.908. The van der Waals surface area contributed by atoms with Crippen LogP contribution in [0.4, 0.5) is 0 Å². The maximum atomic E-state index is 13.0. The van der Waals surface area contributed by atoms with E-state index in [1.165, 1.54) is 4.90 Å². The molecule has 1 aromatic carbocycles. The minimum Gasteiger partial charge on any atom is -0.370 e. The van der Waals surface area contributed by atoms with Crippen LogP contribution < -0.4 is 10.2 Å². The highest BCUT2D eigenvalue weighted by Gasteiger charge is 2.57. The molecule has 3 aliphatic heterocycles.